The van der Waals surface area contributed by atoms with Gasteiger partial charge in [0.2, 0.25) is 15.9 Å². The van der Waals surface area contributed by atoms with Gasteiger partial charge in [-0.1, -0.05) is 0 Å². The third kappa shape index (κ3) is 4.18. The van der Waals surface area contributed by atoms with Crippen molar-refractivity contribution in [2.24, 2.45) is 0 Å². The van der Waals surface area contributed by atoms with Gasteiger partial charge in [-0.15, -0.1) is 0 Å². The quantitative estimate of drug-likeness (QED) is 0.767. The summed E-state index contributed by atoms with van der Waals surface area (Å²) in [6.45, 7) is 8.17. The first kappa shape index (κ1) is 17.5. The van der Waals surface area contributed by atoms with E-state index in [0.29, 0.717) is 18.8 Å². The van der Waals surface area contributed by atoms with E-state index >= 15 is 0 Å². The molecule has 1 aromatic rings. The summed E-state index contributed by atoms with van der Waals surface area (Å²) in [4.78, 5) is 13.5. The topological polar surface area (TPSA) is 92.5 Å². The number of anilines is 1. The molecule has 0 aliphatic carbocycles. The summed E-state index contributed by atoms with van der Waals surface area (Å²) < 4.78 is 26.8. The van der Waals surface area contributed by atoms with Crippen molar-refractivity contribution in [3.63, 3.8) is 0 Å². The minimum atomic E-state index is -3.74. The first-order valence-corrected chi connectivity index (χ1v) is 8.35. The Hall–Kier alpha value is -1.60. The zero-order chi connectivity index (χ0) is 16.2. The van der Waals surface area contributed by atoms with Crippen LogP contribution in [0.3, 0.4) is 0 Å². The fourth-order valence-corrected chi connectivity index (χ4v) is 3.03. The molecule has 0 unspecified atom stereocenters. The minimum Gasteiger partial charge on any atom is -0.398 e. The Bertz CT molecular complexity index is 599. The number of likely N-dealkylation sites (N-methyl/N-ethyl adjacent to an activating group) is 1. The predicted molar refractivity (Wildman–Crippen MR) is 83.4 cm³/mol. The highest BCUT2D eigenvalue weighted by Gasteiger charge is 2.19. The van der Waals surface area contributed by atoms with E-state index in [4.69, 9.17) is 5.73 Å². The van der Waals surface area contributed by atoms with E-state index in [1.165, 1.54) is 6.07 Å². The molecule has 0 spiro atoms. The normalized spacial score (nSPS) is 11.4. The molecular weight excluding hydrogens is 290 g/mol. The molecule has 1 amide bonds. The van der Waals surface area contributed by atoms with E-state index in [1.807, 2.05) is 20.8 Å². The Morgan fingerprint density at radius 1 is 1.24 bits per heavy atom. The maximum atomic E-state index is 12.2. The molecule has 0 bridgehead atoms. The van der Waals surface area contributed by atoms with Crippen molar-refractivity contribution in [2.45, 2.75) is 32.6 Å². The molecule has 0 radical (unpaired) electrons. The molecule has 3 N–H and O–H groups in total. The third-order valence-corrected chi connectivity index (χ3v) is 4.90. The van der Waals surface area contributed by atoms with Crippen LogP contribution in [0.2, 0.25) is 0 Å². The number of nitrogen functional groups attached to an aromatic ring is 1. The van der Waals surface area contributed by atoms with Crippen molar-refractivity contribution in [2.75, 3.05) is 25.4 Å². The molecule has 0 saturated heterocycles. The zero-order valence-electron chi connectivity index (χ0n) is 12.9. The van der Waals surface area contributed by atoms with Crippen LogP contribution in [-0.2, 0) is 14.8 Å². The van der Waals surface area contributed by atoms with Crippen LogP contribution in [0.5, 0.6) is 0 Å². The van der Waals surface area contributed by atoms with Crippen LogP contribution in [-0.4, -0.2) is 38.9 Å². The monoisotopic (exact) mass is 313 g/mol. The molecule has 118 valence electrons. The predicted octanol–water partition coefficient (Wildman–Crippen LogP) is 1.03. The van der Waals surface area contributed by atoms with Gasteiger partial charge < -0.3 is 10.6 Å². The standard InChI is InChI=1S/C14H23N3O3S/c1-5-17(6-2)14(18)9-16-21(19,20)12-7-10(3)11(4)13(15)8-12/h7-8,16H,5-6,9,15H2,1-4H3. The summed E-state index contributed by atoms with van der Waals surface area (Å²) >= 11 is 0. The maximum absolute atomic E-state index is 12.2. The molecule has 1 rings (SSSR count). The number of carbonyl (C=O) groups excluding carboxylic acids is 1. The van der Waals surface area contributed by atoms with Crippen LogP contribution in [0.15, 0.2) is 17.0 Å². The Morgan fingerprint density at radius 3 is 2.29 bits per heavy atom. The summed E-state index contributed by atoms with van der Waals surface area (Å²) in [6, 6.07) is 2.96. The Kier molecular flexibility index (Phi) is 5.74. The maximum Gasteiger partial charge on any atom is 0.241 e. The van der Waals surface area contributed by atoms with Crippen molar-refractivity contribution in [3.05, 3.63) is 23.3 Å². The lowest BCUT2D eigenvalue weighted by molar-refractivity contribution is -0.129. The van der Waals surface area contributed by atoms with Crippen molar-refractivity contribution < 1.29 is 13.2 Å². The number of hydrogen-bond acceptors (Lipinski definition) is 4. The summed E-state index contributed by atoms with van der Waals surface area (Å²) in [6.07, 6.45) is 0. The van der Waals surface area contributed by atoms with Crippen LogP contribution in [0.1, 0.15) is 25.0 Å². The van der Waals surface area contributed by atoms with Gasteiger partial charge in [-0.25, -0.2) is 13.1 Å². The highest BCUT2D eigenvalue weighted by molar-refractivity contribution is 7.89. The summed E-state index contributed by atoms with van der Waals surface area (Å²) in [7, 11) is -3.74. The number of sulfonamides is 1. The van der Waals surface area contributed by atoms with E-state index in [2.05, 4.69) is 4.72 Å². The summed E-state index contributed by atoms with van der Waals surface area (Å²) in [5, 5.41) is 0. The van der Waals surface area contributed by atoms with Crippen molar-refractivity contribution in [1.29, 1.82) is 0 Å². The number of carbonyl (C=O) groups is 1. The SMILES string of the molecule is CCN(CC)C(=O)CNS(=O)(=O)c1cc(C)c(C)c(N)c1. The number of nitrogens with zero attached hydrogens (tertiary/aromatic N) is 1. The summed E-state index contributed by atoms with van der Waals surface area (Å²) in [5.41, 5.74) is 7.87. The van der Waals surface area contributed by atoms with Crippen LogP contribution in [0, 0.1) is 13.8 Å². The van der Waals surface area contributed by atoms with Crippen LogP contribution in [0.4, 0.5) is 5.69 Å². The fraction of sp³-hybridized carbons (Fsp3) is 0.500. The van der Waals surface area contributed by atoms with Gasteiger partial charge in [0.15, 0.2) is 0 Å². The number of nitrogens with two attached hydrogens (primary N) is 1. The smallest absolute Gasteiger partial charge is 0.241 e. The largest absolute Gasteiger partial charge is 0.398 e. The van der Waals surface area contributed by atoms with Gasteiger partial charge in [-0.2, -0.15) is 0 Å². The van der Waals surface area contributed by atoms with Gasteiger partial charge in [-0.3, -0.25) is 4.79 Å². The highest BCUT2D eigenvalue weighted by atomic mass is 32.2. The second-order valence-electron chi connectivity index (χ2n) is 4.84. The van der Waals surface area contributed by atoms with Crippen molar-refractivity contribution >= 4 is 21.6 Å². The lowest BCUT2D eigenvalue weighted by Crippen LogP contribution is -2.40. The first-order valence-electron chi connectivity index (χ1n) is 6.87. The Labute approximate surface area is 126 Å². The van der Waals surface area contributed by atoms with Gasteiger partial charge in [0.25, 0.3) is 0 Å². The molecule has 0 heterocycles. The molecule has 0 atom stereocenters. The molecule has 0 aromatic heterocycles. The molecule has 21 heavy (non-hydrogen) atoms. The Morgan fingerprint density at radius 2 is 1.81 bits per heavy atom. The van der Waals surface area contributed by atoms with Gasteiger partial charge in [0, 0.05) is 18.8 Å². The first-order chi connectivity index (χ1) is 9.72. The van der Waals surface area contributed by atoms with E-state index < -0.39 is 10.0 Å². The second-order valence-corrected chi connectivity index (χ2v) is 6.61. The van der Waals surface area contributed by atoms with Crippen LogP contribution in [0.25, 0.3) is 0 Å². The molecular formula is C14H23N3O3S. The van der Waals surface area contributed by atoms with E-state index in [9.17, 15) is 13.2 Å². The van der Waals surface area contributed by atoms with Gasteiger partial charge in [0.05, 0.1) is 11.4 Å². The number of nitrogens with one attached hydrogen (secondary N) is 1. The molecule has 6 nitrogen and oxygen atoms in total. The lowest BCUT2D eigenvalue weighted by atomic mass is 10.1. The highest BCUT2D eigenvalue weighted by Crippen LogP contribution is 2.21. The van der Waals surface area contributed by atoms with Crippen LogP contribution < -0.4 is 10.5 Å². The number of amides is 1. The summed E-state index contributed by atoms with van der Waals surface area (Å²) in [5.74, 6) is -0.250. The van der Waals surface area contributed by atoms with E-state index in [1.54, 1.807) is 17.9 Å². The minimum absolute atomic E-state index is 0.0791. The molecule has 1 aromatic carbocycles. The third-order valence-electron chi connectivity index (χ3n) is 3.52. The van der Waals surface area contributed by atoms with E-state index in [-0.39, 0.29) is 17.3 Å². The van der Waals surface area contributed by atoms with Gasteiger partial charge in [0.1, 0.15) is 0 Å². The number of rotatable bonds is 6. The van der Waals surface area contributed by atoms with Crippen molar-refractivity contribution in [3.8, 4) is 0 Å². The molecule has 0 aliphatic heterocycles. The van der Waals surface area contributed by atoms with Crippen molar-refractivity contribution in [1.82, 2.24) is 9.62 Å². The van der Waals surface area contributed by atoms with Gasteiger partial charge >= 0.3 is 0 Å². The number of aryl methyl sites for hydroxylation is 1. The second kappa shape index (κ2) is 6.91. The fourth-order valence-electron chi connectivity index (χ4n) is 1.94. The average Bonchev–Trinajstić information content (AvgIpc) is 2.43. The van der Waals surface area contributed by atoms with Crippen LogP contribution >= 0.6 is 0 Å². The molecule has 0 saturated carbocycles. The van der Waals surface area contributed by atoms with Gasteiger partial charge in [-0.05, 0) is 51.0 Å². The van der Waals surface area contributed by atoms with E-state index in [0.717, 1.165) is 11.1 Å². The molecule has 0 aliphatic rings. The zero-order valence-corrected chi connectivity index (χ0v) is 13.8. The molecule has 0 fully saturated rings. The average molecular weight is 313 g/mol. The number of hydrogen-bond donors (Lipinski definition) is 2. The lowest BCUT2D eigenvalue weighted by Gasteiger charge is -2.19. The molecule has 7 heteroatoms. The Balaban J connectivity index is 2.90. The number of benzene rings is 1.